The van der Waals surface area contributed by atoms with Gasteiger partial charge in [-0.15, -0.1) is 0 Å². The fraction of sp³-hybridized carbons (Fsp3) is 0.800. The number of rotatable bonds is 2. The van der Waals surface area contributed by atoms with Crippen LogP contribution in [0.5, 0.6) is 0 Å². The Hall–Kier alpha value is -0.610. The van der Waals surface area contributed by atoms with Gasteiger partial charge in [0.15, 0.2) is 0 Å². The summed E-state index contributed by atoms with van der Waals surface area (Å²) in [5.41, 5.74) is 0.801. The highest BCUT2D eigenvalue weighted by Crippen LogP contribution is 2.31. The minimum Gasteiger partial charge on any atom is -0.480 e. The summed E-state index contributed by atoms with van der Waals surface area (Å²) in [4.78, 5) is 10.3. The molecule has 0 aromatic heterocycles. The number of hydrogen-bond donors (Lipinski definition) is 3. The number of carbonyl (C=O) groups is 1. The van der Waals surface area contributed by atoms with E-state index in [0.717, 1.165) is 6.42 Å². The van der Waals surface area contributed by atoms with Crippen LogP contribution < -0.4 is 5.48 Å². The van der Waals surface area contributed by atoms with Crippen molar-refractivity contribution in [3.63, 3.8) is 0 Å². The molecule has 1 fully saturated rings. The van der Waals surface area contributed by atoms with E-state index >= 15 is 0 Å². The summed E-state index contributed by atoms with van der Waals surface area (Å²) in [5.74, 6) is -0.962. The SMILES string of the molecule is O=C(O)C1(NO)CCC1. The Morgan fingerprint density at radius 1 is 1.56 bits per heavy atom. The van der Waals surface area contributed by atoms with E-state index in [-0.39, 0.29) is 0 Å². The van der Waals surface area contributed by atoms with Gasteiger partial charge in [0.05, 0.1) is 0 Å². The number of hydrogen-bond acceptors (Lipinski definition) is 3. The maximum Gasteiger partial charge on any atom is 0.326 e. The maximum absolute atomic E-state index is 10.3. The molecule has 0 aliphatic heterocycles. The van der Waals surface area contributed by atoms with Gasteiger partial charge in [0.1, 0.15) is 5.54 Å². The third-order valence-electron chi connectivity index (χ3n) is 1.83. The zero-order valence-electron chi connectivity index (χ0n) is 4.92. The van der Waals surface area contributed by atoms with Crippen molar-refractivity contribution in [3.05, 3.63) is 0 Å². The Labute approximate surface area is 52.4 Å². The molecule has 9 heavy (non-hydrogen) atoms. The van der Waals surface area contributed by atoms with Gasteiger partial charge in [-0.3, -0.25) is 4.79 Å². The van der Waals surface area contributed by atoms with Crippen LogP contribution in [0.25, 0.3) is 0 Å². The first kappa shape index (κ1) is 6.51. The van der Waals surface area contributed by atoms with Crippen molar-refractivity contribution in [1.29, 1.82) is 0 Å². The van der Waals surface area contributed by atoms with Gasteiger partial charge < -0.3 is 10.3 Å². The molecule has 3 N–H and O–H groups in total. The van der Waals surface area contributed by atoms with Crippen LogP contribution in [0.4, 0.5) is 0 Å². The molecule has 0 atom stereocenters. The number of nitrogens with one attached hydrogen (secondary N) is 1. The smallest absolute Gasteiger partial charge is 0.326 e. The number of hydroxylamine groups is 1. The van der Waals surface area contributed by atoms with Crippen LogP contribution in [0.2, 0.25) is 0 Å². The Bertz CT molecular complexity index is 125. The molecule has 0 aromatic carbocycles. The van der Waals surface area contributed by atoms with E-state index in [4.69, 9.17) is 10.3 Å². The lowest BCUT2D eigenvalue weighted by molar-refractivity contribution is -0.155. The van der Waals surface area contributed by atoms with Gasteiger partial charge in [-0.2, -0.15) is 5.48 Å². The summed E-state index contributed by atoms with van der Waals surface area (Å²) >= 11 is 0. The second-order valence-corrected chi connectivity index (χ2v) is 2.35. The molecule has 0 heterocycles. The molecule has 0 amide bonds. The highest BCUT2D eigenvalue weighted by molar-refractivity contribution is 5.79. The van der Waals surface area contributed by atoms with E-state index in [1.54, 1.807) is 0 Å². The lowest BCUT2D eigenvalue weighted by atomic mass is 9.78. The van der Waals surface area contributed by atoms with Crippen molar-refractivity contribution in [3.8, 4) is 0 Å². The second-order valence-electron chi connectivity index (χ2n) is 2.35. The van der Waals surface area contributed by atoms with Crippen LogP contribution in [0.1, 0.15) is 19.3 Å². The van der Waals surface area contributed by atoms with Crippen molar-refractivity contribution >= 4 is 5.97 Å². The number of aliphatic carboxylic acids is 1. The third-order valence-corrected chi connectivity index (χ3v) is 1.83. The van der Waals surface area contributed by atoms with Crippen molar-refractivity contribution in [2.24, 2.45) is 0 Å². The molecule has 0 saturated heterocycles. The van der Waals surface area contributed by atoms with Crippen LogP contribution in [0, 0.1) is 0 Å². The standard InChI is InChI=1S/C5H9NO3/c7-4(8)5(6-9)2-1-3-5/h6,9H,1-3H2,(H,7,8). The molecule has 0 spiro atoms. The Morgan fingerprint density at radius 3 is 2.11 bits per heavy atom. The summed E-state index contributed by atoms with van der Waals surface area (Å²) in [6, 6.07) is 0. The zero-order chi connectivity index (χ0) is 6.91. The zero-order valence-corrected chi connectivity index (χ0v) is 4.92. The van der Waals surface area contributed by atoms with Gasteiger partial charge in [0.25, 0.3) is 0 Å². The molecule has 4 heteroatoms. The highest BCUT2D eigenvalue weighted by atomic mass is 16.5. The minimum absolute atomic E-state index is 0.527. The molecule has 0 radical (unpaired) electrons. The first-order chi connectivity index (χ1) is 4.21. The first-order valence-electron chi connectivity index (χ1n) is 2.86. The van der Waals surface area contributed by atoms with Crippen LogP contribution >= 0.6 is 0 Å². The number of carboxylic acids is 1. The Balaban J connectivity index is 2.57. The average Bonchev–Trinajstić information content (AvgIpc) is 1.62. The molecule has 1 rings (SSSR count). The van der Waals surface area contributed by atoms with Gasteiger partial charge in [0.2, 0.25) is 0 Å². The maximum atomic E-state index is 10.3. The fourth-order valence-corrected chi connectivity index (χ4v) is 0.904. The van der Waals surface area contributed by atoms with Gasteiger partial charge in [-0.25, -0.2) is 0 Å². The second kappa shape index (κ2) is 1.97. The summed E-state index contributed by atoms with van der Waals surface area (Å²) < 4.78 is 0. The number of carboxylic acid groups (broad SMARTS) is 1. The largest absolute Gasteiger partial charge is 0.480 e. The molecule has 52 valence electrons. The monoisotopic (exact) mass is 131 g/mol. The average molecular weight is 131 g/mol. The van der Waals surface area contributed by atoms with Crippen LogP contribution in [0.3, 0.4) is 0 Å². The lowest BCUT2D eigenvalue weighted by Gasteiger charge is -2.35. The molecule has 0 aromatic rings. The van der Waals surface area contributed by atoms with Gasteiger partial charge >= 0.3 is 5.97 Å². The topological polar surface area (TPSA) is 69.6 Å². The highest BCUT2D eigenvalue weighted by Gasteiger charge is 2.44. The van der Waals surface area contributed by atoms with E-state index in [1.165, 1.54) is 0 Å². The Morgan fingerprint density at radius 2 is 2.11 bits per heavy atom. The normalized spacial score (nSPS) is 22.8. The predicted molar refractivity (Wildman–Crippen MR) is 29.1 cm³/mol. The van der Waals surface area contributed by atoms with Gasteiger partial charge in [-0.1, -0.05) is 0 Å². The molecule has 1 saturated carbocycles. The van der Waals surface area contributed by atoms with E-state index in [1.807, 2.05) is 5.48 Å². The molecule has 0 bridgehead atoms. The lowest BCUT2D eigenvalue weighted by Crippen LogP contribution is -2.55. The summed E-state index contributed by atoms with van der Waals surface area (Å²) in [6.07, 6.45) is 1.93. The first-order valence-corrected chi connectivity index (χ1v) is 2.86. The predicted octanol–water partition coefficient (Wildman–Crippen LogP) is -0.0275. The van der Waals surface area contributed by atoms with Crippen LogP contribution in [0.15, 0.2) is 0 Å². The summed E-state index contributed by atoms with van der Waals surface area (Å²) in [6.45, 7) is 0. The fourth-order valence-electron chi connectivity index (χ4n) is 0.904. The molecule has 1 aliphatic rings. The summed E-state index contributed by atoms with van der Waals surface area (Å²) in [5, 5.41) is 16.8. The molecular formula is C5H9NO3. The third kappa shape index (κ3) is 0.799. The Kier molecular flexibility index (Phi) is 1.42. The van der Waals surface area contributed by atoms with Crippen molar-refractivity contribution in [2.75, 3.05) is 0 Å². The van der Waals surface area contributed by atoms with E-state index in [9.17, 15) is 4.79 Å². The molecule has 4 nitrogen and oxygen atoms in total. The van der Waals surface area contributed by atoms with Crippen molar-refractivity contribution in [2.45, 2.75) is 24.8 Å². The van der Waals surface area contributed by atoms with Crippen LogP contribution in [-0.4, -0.2) is 21.8 Å². The van der Waals surface area contributed by atoms with Crippen molar-refractivity contribution < 1.29 is 15.1 Å². The van der Waals surface area contributed by atoms with Gasteiger partial charge in [-0.05, 0) is 19.3 Å². The summed E-state index contributed by atoms with van der Waals surface area (Å²) in [7, 11) is 0. The molecule has 1 aliphatic carbocycles. The minimum atomic E-state index is -1.01. The molecular weight excluding hydrogens is 122 g/mol. The van der Waals surface area contributed by atoms with E-state index < -0.39 is 11.5 Å². The van der Waals surface area contributed by atoms with E-state index in [0.29, 0.717) is 12.8 Å². The quantitative estimate of drug-likeness (QED) is 0.460. The van der Waals surface area contributed by atoms with Crippen LogP contribution in [-0.2, 0) is 4.79 Å². The molecule has 0 unspecified atom stereocenters. The van der Waals surface area contributed by atoms with Gasteiger partial charge in [0, 0.05) is 0 Å². The van der Waals surface area contributed by atoms with Crippen molar-refractivity contribution in [1.82, 2.24) is 5.48 Å². The van der Waals surface area contributed by atoms with E-state index in [2.05, 4.69) is 0 Å².